The molecule has 2 aliphatic heterocycles. The van der Waals surface area contributed by atoms with Gasteiger partial charge in [-0.05, 0) is 18.1 Å². The number of carboxylic acids is 1. The highest BCUT2D eigenvalue weighted by Crippen LogP contribution is 2.32. The summed E-state index contributed by atoms with van der Waals surface area (Å²) < 4.78 is 46.6. The number of hydrogen-bond acceptors (Lipinski definition) is 9. The zero-order valence-electron chi connectivity index (χ0n) is 20.8. The number of imide groups is 1. The number of carbonyl (C=O) groups excluding carboxylic acids is 4. The molecule has 1 fully saturated rings. The number of urea groups is 1. The molecule has 0 spiro atoms. The third-order valence-corrected chi connectivity index (χ3v) is 6.32. The number of aromatic nitrogens is 1. The van der Waals surface area contributed by atoms with Gasteiger partial charge in [0.05, 0.1) is 12.1 Å². The maximum atomic E-state index is 14.7. The number of carbonyl (C=O) groups is 5. The van der Waals surface area contributed by atoms with Gasteiger partial charge in [-0.3, -0.25) is 24.3 Å². The summed E-state index contributed by atoms with van der Waals surface area (Å²) in [5, 5.41) is 33.6. The van der Waals surface area contributed by atoms with Crippen LogP contribution in [0.25, 0.3) is 0 Å². The Labute approximate surface area is 228 Å². The van der Waals surface area contributed by atoms with E-state index in [0.717, 1.165) is 17.2 Å². The molecule has 2 atom stereocenters. The molecule has 0 aliphatic carbocycles. The van der Waals surface area contributed by atoms with Gasteiger partial charge in [0.1, 0.15) is 35.2 Å². The number of nitrogens with one attached hydrogen (secondary N) is 2. The number of piperazine rings is 1. The highest BCUT2D eigenvalue weighted by Gasteiger charge is 2.42. The van der Waals surface area contributed by atoms with Gasteiger partial charge >= 0.3 is 30.9 Å². The number of aromatic hydroxyl groups is 1. The topological polar surface area (TPSA) is 199 Å². The van der Waals surface area contributed by atoms with E-state index in [2.05, 4.69) is 15.6 Å². The van der Waals surface area contributed by atoms with Gasteiger partial charge in [-0.2, -0.15) is 0 Å². The molecule has 41 heavy (non-hydrogen) atoms. The van der Waals surface area contributed by atoms with Gasteiger partial charge in [0.15, 0.2) is 11.9 Å². The molecule has 0 radical (unpaired) electrons. The molecule has 0 saturated carbocycles. The van der Waals surface area contributed by atoms with Crippen molar-refractivity contribution < 1.29 is 57.0 Å². The van der Waals surface area contributed by atoms with Crippen LogP contribution >= 0.6 is 0 Å². The van der Waals surface area contributed by atoms with Crippen molar-refractivity contribution in [1.29, 1.82) is 0 Å². The Kier molecular flexibility index (Phi) is 8.32. The summed E-state index contributed by atoms with van der Waals surface area (Å²) in [5.41, 5.74) is -1.45. The van der Waals surface area contributed by atoms with Gasteiger partial charge in [-0.25, -0.2) is 22.8 Å². The second kappa shape index (κ2) is 11.7. The molecule has 2 aliphatic rings. The quantitative estimate of drug-likeness (QED) is 0.206. The lowest BCUT2D eigenvalue weighted by atomic mass is 9.72. The zero-order chi connectivity index (χ0) is 30.0. The smallest absolute Gasteiger partial charge is 0.534 e. The van der Waals surface area contributed by atoms with Crippen LogP contribution in [0.3, 0.4) is 0 Å². The van der Waals surface area contributed by atoms with Crippen LogP contribution in [0.2, 0.25) is 0 Å². The number of amides is 5. The van der Waals surface area contributed by atoms with Crippen LogP contribution in [0.15, 0.2) is 24.4 Å². The number of pyridine rings is 1. The molecule has 5 N–H and O–H groups in total. The molecule has 3 heterocycles. The molecule has 2 aromatic rings. The Bertz CT molecular complexity index is 1430. The van der Waals surface area contributed by atoms with E-state index in [1.54, 1.807) is 0 Å². The third kappa shape index (κ3) is 5.86. The molecule has 1 aromatic carbocycles. The van der Waals surface area contributed by atoms with Crippen molar-refractivity contribution in [2.45, 2.75) is 18.4 Å². The molecule has 1 saturated heterocycles. The largest absolute Gasteiger partial charge is 0.547 e. The number of fused-ring (bicyclic) bond motifs is 1. The number of alkyl halides is 1. The minimum atomic E-state index is -1.99. The number of carboxylic acid groups (broad SMARTS) is 1. The molecule has 5 amide bonds. The summed E-state index contributed by atoms with van der Waals surface area (Å²) in [6.45, 7) is -1.87. The minimum Gasteiger partial charge on any atom is -0.534 e. The summed E-state index contributed by atoms with van der Waals surface area (Å²) in [5.74, 6) is -10.1. The number of halogens is 3. The van der Waals surface area contributed by atoms with Crippen LogP contribution in [-0.2, 0) is 20.8 Å². The maximum Gasteiger partial charge on any atom is 0.547 e. The molecule has 4 rings (SSSR count). The van der Waals surface area contributed by atoms with E-state index >= 15 is 0 Å². The molecule has 14 nitrogen and oxygen atoms in total. The van der Waals surface area contributed by atoms with Crippen molar-refractivity contribution >= 4 is 36.8 Å². The first-order chi connectivity index (χ1) is 19.4. The first-order valence-corrected chi connectivity index (χ1v) is 11.9. The zero-order valence-corrected chi connectivity index (χ0v) is 20.8. The monoisotopic (exact) mass is 579 g/mol. The average molecular weight is 579 g/mol. The summed E-state index contributed by atoms with van der Waals surface area (Å²) in [4.78, 5) is 67.3. The Morgan fingerprint density at radius 2 is 1.90 bits per heavy atom. The van der Waals surface area contributed by atoms with Gasteiger partial charge in [0, 0.05) is 25.7 Å². The Morgan fingerprint density at radius 3 is 2.56 bits per heavy atom. The molecular weight excluding hydrogens is 558 g/mol. The number of benzene rings is 1. The van der Waals surface area contributed by atoms with E-state index in [4.69, 9.17) is 4.65 Å². The van der Waals surface area contributed by atoms with E-state index in [0.29, 0.717) is 11.0 Å². The highest BCUT2D eigenvalue weighted by atomic mass is 19.1. The van der Waals surface area contributed by atoms with Crippen molar-refractivity contribution in [3.05, 3.63) is 52.9 Å². The molecule has 216 valence electrons. The lowest BCUT2D eigenvalue weighted by Crippen LogP contribution is -2.60. The maximum absolute atomic E-state index is 14.7. The van der Waals surface area contributed by atoms with Gasteiger partial charge < -0.3 is 35.4 Å². The predicted octanol–water partition coefficient (Wildman–Crippen LogP) is -0.706. The number of nitrogens with zero attached hydrogens (tertiary/aromatic N) is 3. The lowest BCUT2D eigenvalue weighted by molar-refractivity contribution is -0.153. The molecular formula is C23H21BF3N5O9. The van der Waals surface area contributed by atoms with Gasteiger partial charge in [-0.15, -0.1) is 0 Å². The summed E-state index contributed by atoms with van der Waals surface area (Å²) in [6, 6.07) is -0.674. The third-order valence-electron chi connectivity index (χ3n) is 6.32. The average Bonchev–Trinajstić information content (AvgIpc) is 2.90. The van der Waals surface area contributed by atoms with Gasteiger partial charge in [0.25, 0.3) is 0 Å². The van der Waals surface area contributed by atoms with E-state index < -0.39 is 89.9 Å². The van der Waals surface area contributed by atoms with Crippen molar-refractivity contribution in [1.82, 2.24) is 25.4 Å². The fourth-order valence-corrected chi connectivity index (χ4v) is 4.32. The second-order valence-electron chi connectivity index (χ2n) is 8.92. The number of rotatable bonds is 7. The Morgan fingerprint density at radius 1 is 1.17 bits per heavy atom. The number of aromatic carboxylic acids is 1. The van der Waals surface area contributed by atoms with Crippen molar-refractivity contribution in [3.63, 3.8) is 0 Å². The summed E-state index contributed by atoms with van der Waals surface area (Å²) in [7, 11) is -1.91. The predicted molar refractivity (Wildman–Crippen MR) is 129 cm³/mol. The van der Waals surface area contributed by atoms with Crippen LogP contribution in [-0.4, -0.2) is 99.1 Å². The molecule has 1 unspecified atom stereocenters. The Hall–Kier alpha value is -4.87. The van der Waals surface area contributed by atoms with Crippen LogP contribution < -0.4 is 15.3 Å². The first kappa shape index (κ1) is 29.1. The van der Waals surface area contributed by atoms with Crippen molar-refractivity contribution in [2.24, 2.45) is 0 Å². The van der Waals surface area contributed by atoms with Gasteiger partial charge in [0.2, 0.25) is 5.91 Å². The Balaban J connectivity index is 1.58. The van der Waals surface area contributed by atoms with E-state index in [-0.39, 0.29) is 31.6 Å². The van der Waals surface area contributed by atoms with Crippen LogP contribution in [0.4, 0.5) is 18.0 Å². The normalized spacial score (nSPS) is 17.5. The summed E-state index contributed by atoms with van der Waals surface area (Å²) >= 11 is 0. The van der Waals surface area contributed by atoms with Gasteiger partial charge in [-0.1, -0.05) is 6.07 Å². The van der Waals surface area contributed by atoms with Crippen molar-refractivity contribution in [2.75, 3.05) is 26.3 Å². The van der Waals surface area contributed by atoms with E-state index in [1.807, 2.05) is 0 Å². The lowest BCUT2D eigenvalue weighted by Gasteiger charge is -2.33. The van der Waals surface area contributed by atoms with Crippen molar-refractivity contribution in [3.8, 4) is 11.5 Å². The summed E-state index contributed by atoms with van der Waals surface area (Å²) in [6.07, 6.45) is 0.491. The van der Waals surface area contributed by atoms with Crippen LogP contribution in [0.1, 0.15) is 27.7 Å². The molecule has 0 bridgehead atoms. The fourth-order valence-electron chi connectivity index (χ4n) is 4.32. The first-order valence-electron chi connectivity index (χ1n) is 11.9. The standard InChI is InChI=1S/C23H21BF3N5O9/c25-3-4-31-5-6-32(21(36)20(31)35)23(39)30-17(16-13(27)8-11(33)9-28-16)19(34)29-14-7-10-1-2-12(26)15(22(37)38)18(10)41-24(14)40/h1-2,8-9,14,17,33,40H,3-7H2,(H,29,34)(H,30,39)(H,37,38)/t14-,17?/m0/s1. The highest BCUT2D eigenvalue weighted by molar-refractivity contribution is 6.47. The molecule has 1 aromatic heterocycles. The number of hydrogen-bond donors (Lipinski definition) is 5. The minimum absolute atomic E-state index is 0.101. The van der Waals surface area contributed by atoms with E-state index in [9.17, 15) is 52.4 Å². The van der Waals surface area contributed by atoms with Crippen LogP contribution in [0, 0.1) is 11.6 Å². The fraction of sp³-hybridized carbons (Fsp3) is 0.304. The van der Waals surface area contributed by atoms with Crippen LogP contribution in [0.5, 0.6) is 11.5 Å². The second-order valence-corrected chi connectivity index (χ2v) is 8.92. The SMILES string of the molecule is O=C(O)c1c(F)ccc2c1OB(O)[C@@H](NC(=O)C(NC(=O)N1CCN(CCF)C(=O)C1=O)c1ncc(O)cc1F)C2. The molecule has 18 heteroatoms. The van der Waals surface area contributed by atoms with E-state index in [1.165, 1.54) is 6.07 Å².